The average molecular weight is 464 g/mol. The molecule has 0 aromatic heterocycles. The van der Waals surface area contributed by atoms with E-state index in [4.69, 9.17) is 0 Å². The summed E-state index contributed by atoms with van der Waals surface area (Å²) in [6.07, 6.45) is 2.54. The molecular formula is C23H20N4O7. The summed E-state index contributed by atoms with van der Waals surface area (Å²) in [5.41, 5.74) is -0.423. The average Bonchev–Trinajstić information content (AvgIpc) is 3.51. The molecular weight excluding hydrogens is 444 g/mol. The highest BCUT2D eigenvalue weighted by atomic mass is 16.6. The highest BCUT2D eigenvalue weighted by Crippen LogP contribution is 2.56. The Bertz CT molecular complexity index is 1200. The van der Waals surface area contributed by atoms with Crippen LogP contribution in [0.2, 0.25) is 0 Å². The van der Waals surface area contributed by atoms with Gasteiger partial charge in [0.05, 0.1) is 28.2 Å². The Kier molecular flexibility index (Phi) is 5.11. The lowest BCUT2D eigenvalue weighted by molar-refractivity contribution is -0.385. The number of nitro groups is 2. The minimum absolute atomic E-state index is 0.0961. The summed E-state index contributed by atoms with van der Waals surface area (Å²) in [6, 6.07) is 10.7. The van der Waals surface area contributed by atoms with Crippen molar-refractivity contribution in [2.75, 3.05) is 0 Å². The SMILES string of the molecule is O=C(c1ccccc1[N+](=O)[O-])N(Cc1ccc([N+](=O)[O-])cc1)N1C(=O)[C@H]2[C@H]3CC[C@@H](C3)[C@@H]2C1=O. The van der Waals surface area contributed by atoms with Crippen LogP contribution in [0.4, 0.5) is 11.4 Å². The zero-order valence-corrected chi connectivity index (χ0v) is 17.9. The van der Waals surface area contributed by atoms with Crippen LogP contribution in [-0.2, 0) is 16.1 Å². The highest BCUT2D eigenvalue weighted by molar-refractivity contribution is 6.09. The molecule has 0 radical (unpaired) electrons. The number of para-hydroxylation sites is 1. The van der Waals surface area contributed by atoms with Crippen molar-refractivity contribution in [1.29, 1.82) is 0 Å². The molecule has 2 aromatic carbocycles. The van der Waals surface area contributed by atoms with E-state index in [0.717, 1.165) is 29.3 Å². The Hall–Kier alpha value is -4.15. The van der Waals surface area contributed by atoms with Gasteiger partial charge in [-0.15, -0.1) is 0 Å². The maximum absolute atomic E-state index is 13.6. The Labute approximate surface area is 193 Å². The number of imide groups is 1. The number of amides is 3. The fourth-order valence-corrected chi connectivity index (χ4v) is 5.71. The molecule has 0 spiro atoms. The number of hydrogen-bond donors (Lipinski definition) is 0. The number of carbonyl (C=O) groups is 3. The zero-order chi connectivity index (χ0) is 24.1. The molecule has 1 saturated heterocycles. The largest absolute Gasteiger partial charge is 0.282 e. The first-order chi connectivity index (χ1) is 16.3. The van der Waals surface area contributed by atoms with Crippen LogP contribution in [-0.4, -0.2) is 37.6 Å². The maximum atomic E-state index is 13.6. The van der Waals surface area contributed by atoms with Crippen molar-refractivity contribution in [2.24, 2.45) is 23.7 Å². The Balaban J connectivity index is 1.54. The molecule has 4 atom stereocenters. The molecule has 0 unspecified atom stereocenters. The topological polar surface area (TPSA) is 144 Å². The minimum atomic E-state index is -0.861. The van der Waals surface area contributed by atoms with Crippen molar-refractivity contribution < 1.29 is 24.2 Å². The van der Waals surface area contributed by atoms with Crippen LogP contribution < -0.4 is 0 Å². The van der Waals surface area contributed by atoms with Crippen LogP contribution in [0.1, 0.15) is 35.2 Å². The number of carbonyl (C=O) groups excluding carboxylic acids is 3. The Morgan fingerprint density at radius 2 is 1.50 bits per heavy atom. The number of hydrogen-bond acceptors (Lipinski definition) is 7. The summed E-state index contributed by atoms with van der Waals surface area (Å²) in [4.78, 5) is 61.7. The van der Waals surface area contributed by atoms with E-state index in [2.05, 4.69) is 0 Å². The van der Waals surface area contributed by atoms with Gasteiger partial charge in [0.15, 0.2) is 0 Å². The van der Waals surface area contributed by atoms with E-state index < -0.39 is 45.1 Å². The molecule has 3 amide bonds. The summed E-state index contributed by atoms with van der Waals surface area (Å²) in [7, 11) is 0. The number of non-ortho nitro benzene ring substituents is 1. The first kappa shape index (κ1) is 21.7. The van der Waals surface area contributed by atoms with Gasteiger partial charge in [0.2, 0.25) is 0 Å². The van der Waals surface area contributed by atoms with Crippen molar-refractivity contribution in [3.05, 3.63) is 79.9 Å². The number of hydrazine groups is 1. The third kappa shape index (κ3) is 3.31. The van der Waals surface area contributed by atoms with Gasteiger partial charge in [-0.3, -0.25) is 34.6 Å². The van der Waals surface area contributed by atoms with Gasteiger partial charge in [-0.2, -0.15) is 5.01 Å². The van der Waals surface area contributed by atoms with Crippen LogP contribution in [0.25, 0.3) is 0 Å². The van der Waals surface area contributed by atoms with Crippen molar-refractivity contribution >= 4 is 29.1 Å². The van der Waals surface area contributed by atoms with Crippen molar-refractivity contribution in [2.45, 2.75) is 25.8 Å². The van der Waals surface area contributed by atoms with E-state index in [-0.39, 0.29) is 29.6 Å². The second-order valence-electron chi connectivity index (χ2n) is 8.93. The van der Waals surface area contributed by atoms with E-state index in [0.29, 0.717) is 5.56 Å². The van der Waals surface area contributed by atoms with Gasteiger partial charge < -0.3 is 0 Å². The second-order valence-corrected chi connectivity index (χ2v) is 8.93. The molecule has 2 saturated carbocycles. The number of rotatable bonds is 6. The van der Waals surface area contributed by atoms with Gasteiger partial charge >= 0.3 is 0 Å². The summed E-state index contributed by atoms with van der Waals surface area (Å²) in [6.45, 7) is -0.255. The summed E-state index contributed by atoms with van der Waals surface area (Å²) >= 11 is 0. The lowest BCUT2D eigenvalue weighted by atomic mass is 9.81. The molecule has 11 heteroatoms. The number of nitrogens with zero attached hydrogens (tertiary/aromatic N) is 4. The van der Waals surface area contributed by atoms with Crippen molar-refractivity contribution in [3.8, 4) is 0 Å². The van der Waals surface area contributed by atoms with Crippen LogP contribution >= 0.6 is 0 Å². The fourth-order valence-electron chi connectivity index (χ4n) is 5.71. The predicted molar refractivity (Wildman–Crippen MR) is 116 cm³/mol. The lowest BCUT2D eigenvalue weighted by Crippen LogP contribution is -2.50. The molecule has 34 heavy (non-hydrogen) atoms. The monoisotopic (exact) mass is 464 g/mol. The van der Waals surface area contributed by atoms with Gasteiger partial charge in [-0.05, 0) is 42.7 Å². The summed E-state index contributed by atoms with van der Waals surface area (Å²) in [5, 5.41) is 24.3. The van der Waals surface area contributed by atoms with Crippen molar-refractivity contribution in [1.82, 2.24) is 10.0 Å². The van der Waals surface area contributed by atoms with E-state index in [1.807, 2.05) is 0 Å². The van der Waals surface area contributed by atoms with E-state index in [1.54, 1.807) is 0 Å². The van der Waals surface area contributed by atoms with Crippen LogP contribution in [0.15, 0.2) is 48.5 Å². The Morgan fingerprint density at radius 1 is 0.912 bits per heavy atom. The van der Waals surface area contributed by atoms with Crippen LogP contribution in [0.3, 0.4) is 0 Å². The number of benzene rings is 2. The summed E-state index contributed by atoms with van der Waals surface area (Å²) < 4.78 is 0. The van der Waals surface area contributed by atoms with Gasteiger partial charge in [0, 0.05) is 18.2 Å². The normalized spacial score (nSPS) is 24.9. The molecule has 3 aliphatic rings. The lowest BCUT2D eigenvalue weighted by Gasteiger charge is -2.31. The van der Waals surface area contributed by atoms with Gasteiger partial charge in [0.1, 0.15) is 5.56 Å². The summed E-state index contributed by atoms with van der Waals surface area (Å²) in [5.74, 6) is -2.56. The molecule has 0 N–H and O–H groups in total. The smallest absolute Gasteiger partial charge is 0.272 e. The standard InChI is InChI=1S/C23H20N4O7/c28-21(17-3-1-2-4-18(17)27(33)34)24(12-13-5-9-16(10-6-13)26(31)32)25-22(29)19-14-7-8-15(11-14)20(19)23(25)30/h1-6,9-10,14-15,19-20H,7-8,11-12H2/t14-,15-,19-,20-/m0/s1. The van der Waals surface area contributed by atoms with Crippen molar-refractivity contribution in [3.63, 3.8) is 0 Å². The fraction of sp³-hybridized carbons (Fsp3) is 0.348. The quantitative estimate of drug-likeness (QED) is 0.363. The van der Waals surface area contributed by atoms with Gasteiger partial charge in [-0.25, -0.2) is 5.01 Å². The maximum Gasteiger partial charge on any atom is 0.282 e. The van der Waals surface area contributed by atoms with E-state index in [1.165, 1.54) is 48.5 Å². The van der Waals surface area contributed by atoms with Crippen LogP contribution in [0, 0.1) is 43.9 Å². The molecule has 5 rings (SSSR count). The number of fused-ring (bicyclic) bond motifs is 5. The molecule has 174 valence electrons. The van der Waals surface area contributed by atoms with Gasteiger partial charge in [0.25, 0.3) is 29.1 Å². The third-order valence-electron chi connectivity index (χ3n) is 7.19. The van der Waals surface area contributed by atoms with E-state index in [9.17, 15) is 34.6 Å². The highest BCUT2D eigenvalue weighted by Gasteiger charge is 2.62. The Morgan fingerprint density at radius 3 is 2.06 bits per heavy atom. The first-order valence-corrected chi connectivity index (χ1v) is 10.9. The molecule has 2 aromatic rings. The predicted octanol–water partition coefficient (Wildman–Crippen LogP) is 3.09. The molecule has 1 heterocycles. The molecule has 3 fully saturated rings. The zero-order valence-electron chi connectivity index (χ0n) is 17.9. The molecule has 1 aliphatic heterocycles. The second kappa shape index (κ2) is 8.01. The molecule has 11 nitrogen and oxygen atoms in total. The minimum Gasteiger partial charge on any atom is -0.272 e. The van der Waals surface area contributed by atoms with E-state index >= 15 is 0 Å². The van der Waals surface area contributed by atoms with Crippen LogP contribution in [0.5, 0.6) is 0 Å². The number of nitro benzene ring substituents is 2. The van der Waals surface area contributed by atoms with Gasteiger partial charge in [-0.1, -0.05) is 24.3 Å². The molecule has 2 bridgehead atoms. The first-order valence-electron chi connectivity index (χ1n) is 10.9. The molecule has 2 aliphatic carbocycles. The third-order valence-corrected chi connectivity index (χ3v) is 7.19.